The molecule has 0 amide bonds. The average Bonchev–Trinajstić information content (AvgIpc) is 3.41. The van der Waals surface area contributed by atoms with Gasteiger partial charge in [0, 0.05) is 19.3 Å². The fourth-order valence-corrected chi connectivity index (χ4v) is 7.86. The van der Waals surface area contributed by atoms with Crippen molar-refractivity contribution in [2.45, 2.75) is 258 Å². The van der Waals surface area contributed by atoms with E-state index >= 15 is 0 Å². The number of ether oxygens (including phenoxy) is 3. The molecule has 0 fully saturated rings. The van der Waals surface area contributed by atoms with E-state index in [-0.39, 0.29) is 31.1 Å². The summed E-state index contributed by atoms with van der Waals surface area (Å²) in [7, 11) is 0. The van der Waals surface area contributed by atoms with Crippen molar-refractivity contribution in [1.29, 1.82) is 0 Å². The number of carbonyl (C=O) groups is 3. The second kappa shape index (κ2) is 61.8. The normalized spacial score (nSPS) is 13.2. The van der Waals surface area contributed by atoms with E-state index in [9.17, 15) is 14.4 Å². The zero-order valence-corrected chi connectivity index (χ0v) is 48.3. The van der Waals surface area contributed by atoms with E-state index in [0.717, 1.165) is 154 Å². The third-order valence-electron chi connectivity index (χ3n) is 12.3. The molecule has 1 unspecified atom stereocenters. The predicted molar refractivity (Wildman–Crippen MR) is 325 cm³/mol. The van der Waals surface area contributed by atoms with Gasteiger partial charge in [-0.05, 0) is 122 Å². The largest absolute Gasteiger partial charge is 0.462 e. The lowest BCUT2D eigenvalue weighted by Crippen LogP contribution is -2.30. The van der Waals surface area contributed by atoms with Crippen LogP contribution in [0.15, 0.2) is 146 Å². The number of hydrogen-bond donors (Lipinski definition) is 0. The van der Waals surface area contributed by atoms with E-state index in [2.05, 4.69) is 167 Å². The van der Waals surface area contributed by atoms with Gasteiger partial charge in [0.05, 0.1) is 0 Å². The van der Waals surface area contributed by atoms with Crippen LogP contribution in [0.25, 0.3) is 0 Å². The third kappa shape index (κ3) is 60.0. The van der Waals surface area contributed by atoms with Gasteiger partial charge in [-0.3, -0.25) is 14.4 Å². The molecule has 0 saturated carbocycles. The molecule has 0 spiro atoms. The Bertz CT molecular complexity index is 1660. The van der Waals surface area contributed by atoms with E-state index < -0.39 is 6.10 Å². The fraction of sp³-hybridized carbons (Fsp3) is 0.609. The maximum atomic E-state index is 12.8. The molecule has 0 aliphatic carbocycles. The summed E-state index contributed by atoms with van der Waals surface area (Å²) in [5, 5.41) is 0. The topological polar surface area (TPSA) is 78.9 Å². The molecule has 0 saturated heterocycles. The molecule has 0 aliphatic rings. The highest BCUT2D eigenvalue weighted by Gasteiger charge is 2.19. The minimum absolute atomic E-state index is 0.0955. The highest BCUT2D eigenvalue weighted by Crippen LogP contribution is 2.14. The highest BCUT2D eigenvalue weighted by molar-refractivity contribution is 5.71. The summed E-state index contributed by atoms with van der Waals surface area (Å²) in [5.41, 5.74) is 0. The van der Waals surface area contributed by atoms with Crippen LogP contribution in [0.3, 0.4) is 0 Å². The number of unbranched alkanes of at least 4 members (excludes halogenated alkanes) is 18. The minimum Gasteiger partial charge on any atom is -0.462 e. The molecule has 0 heterocycles. The average molecular weight is 1040 g/mol. The van der Waals surface area contributed by atoms with E-state index in [0.29, 0.717) is 19.3 Å². The highest BCUT2D eigenvalue weighted by atomic mass is 16.6. The fourth-order valence-electron chi connectivity index (χ4n) is 7.86. The summed E-state index contributed by atoms with van der Waals surface area (Å²) in [6.07, 6.45) is 88.6. The monoisotopic (exact) mass is 1030 g/mol. The predicted octanol–water partition coefficient (Wildman–Crippen LogP) is 20.8. The Balaban J connectivity index is 4.27. The van der Waals surface area contributed by atoms with Gasteiger partial charge in [0.15, 0.2) is 6.10 Å². The van der Waals surface area contributed by atoms with Gasteiger partial charge < -0.3 is 14.2 Å². The van der Waals surface area contributed by atoms with Crippen LogP contribution < -0.4 is 0 Å². The van der Waals surface area contributed by atoms with Gasteiger partial charge in [-0.25, -0.2) is 0 Å². The molecule has 0 aromatic heterocycles. The van der Waals surface area contributed by atoms with Crippen molar-refractivity contribution in [1.82, 2.24) is 0 Å². The Labute approximate surface area is 461 Å². The molecular formula is C69H110O6. The number of hydrogen-bond acceptors (Lipinski definition) is 6. The second-order valence-corrected chi connectivity index (χ2v) is 19.5. The van der Waals surface area contributed by atoms with Crippen LogP contribution in [0.5, 0.6) is 0 Å². The standard InChI is InChI=1S/C69H110O6/c1-4-7-10-13-16-18-20-22-24-26-28-30-32-33-34-35-37-38-40-42-44-46-48-50-53-56-59-62-68(71)74-65-66(64-73-67(70)61-58-55-52-15-12-9-6-3)75-69(72)63-60-57-54-51-49-47-45-43-41-39-36-31-29-27-25-23-21-19-17-14-11-8-5-2/h7-8,10-11,16-19,22-25,28-31,33-34,37-39,41,45,47,66H,4-6,9,12-15,20-21,26-27,32,35-36,40,42-44,46,48-65H2,1-3H3/b10-7-,11-8-,18-16-,19-17-,24-22-,25-23-,30-28-,31-29-,34-33-,38-37-,41-39-,47-45-. The first-order valence-electron chi connectivity index (χ1n) is 30.3. The molecule has 0 radical (unpaired) electrons. The zero-order valence-electron chi connectivity index (χ0n) is 48.3. The number of rotatable bonds is 53. The Hall–Kier alpha value is -4.71. The van der Waals surface area contributed by atoms with E-state index in [1.54, 1.807) is 0 Å². The first kappa shape index (κ1) is 70.3. The molecule has 0 aliphatic heterocycles. The van der Waals surface area contributed by atoms with Crippen molar-refractivity contribution in [3.63, 3.8) is 0 Å². The van der Waals surface area contributed by atoms with Crippen LogP contribution in [-0.4, -0.2) is 37.2 Å². The Morgan fingerprint density at radius 1 is 0.280 bits per heavy atom. The maximum absolute atomic E-state index is 12.8. The zero-order chi connectivity index (χ0) is 54.3. The minimum atomic E-state index is -0.799. The number of allylic oxidation sites excluding steroid dienone is 24. The van der Waals surface area contributed by atoms with Gasteiger partial charge in [-0.15, -0.1) is 0 Å². The van der Waals surface area contributed by atoms with Crippen LogP contribution in [0.1, 0.15) is 252 Å². The Morgan fingerprint density at radius 3 is 0.813 bits per heavy atom. The van der Waals surface area contributed by atoms with E-state index in [1.165, 1.54) is 57.8 Å². The van der Waals surface area contributed by atoms with Crippen molar-refractivity contribution in [3.05, 3.63) is 146 Å². The Kier molecular flexibility index (Phi) is 58.0. The third-order valence-corrected chi connectivity index (χ3v) is 12.3. The lowest BCUT2D eigenvalue weighted by molar-refractivity contribution is -0.167. The van der Waals surface area contributed by atoms with Crippen molar-refractivity contribution in [3.8, 4) is 0 Å². The molecule has 0 bridgehead atoms. The first-order chi connectivity index (χ1) is 37.0. The summed E-state index contributed by atoms with van der Waals surface area (Å²) in [6, 6.07) is 0. The summed E-state index contributed by atoms with van der Waals surface area (Å²) in [4.78, 5) is 38.0. The Morgan fingerprint density at radius 2 is 0.520 bits per heavy atom. The molecule has 0 rings (SSSR count). The van der Waals surface area contributed by atoms with Crippen LogP contribution in [0.2, 0.25) is 0 Å². The smallest absolute Gasteiger partial charge is 0.306 e. The lowest BCUT2D eigenvalue weighted by atomic mass is 10.1. The second-order valence-electron chi connectivity index (χ2n) is 19.5. The van der Waals surface area contributed by atoms with Crippen LogP contribution in [0, 0.1) is 0 Å². The van der Waals surface area contributed by atoms with E-state index in [1.807, 2.05) is 0 Å². The molecule has 6 heteroatoms. The molecule has 0 aromatic carbocycles. The quantitative estimate of drug-likeness (QED) is 0.0261. The summed E-state index contributed by atoms with van der Waals surface area (Å²) >= 11 is 0. The molecule has 0 aromatic rings. The number of carbonyl (C=O) groups excluding carboxylic acids is 3. The van der Waals surface area contributed by atoms with E-state index in [4.69, 9.17) is 14.2 Å². The summed E-state index contributed by atoms with van der Waals surface area (Å²) < 4.78 is 16.8. The first-order valence-corrected chi connectivity index (χ1v) is 30.3. The maximum Gasteiger partial charge on any atom is 0.306 e. The van der Waals surface area contributed by atoms with Crippen LogP contribution >= 0.6 is 0 Å². The van der Waals surface area contributed by atoms with Gasteiger partial charge in [0.1, 0.15) is 13.2 Å². The SMILES string of the molecule is CC/C=C\C/C=C\C/C=C\C/C=C\C/C=C\C/C=C\CCCCCCCCCCC(=O)OCC(COC(=O)CCCCCCCCC)OC(=O)CCCCCC/C=C\C/C=C\C/C=C\C/C=C\C/C=C\C/C=C\CC. The molecule has 6 nitrogen and oxygen atoms in total. The lowest BCUT2D eigenvalue weighted by Gasteiger charge is -2.18. The van der Waals surface area contributed by atoms with Crippen molar-refractivity contribution < 1.29 is 28.6 Å². The van der Waals surface area contributed by atoms with Gasteiger partial charge in [-0.2, -0.15) is 0 Å². The van der Waals surface area contributed by atoms with Crippen molar-refractivity contribution in [2.75, 3.05) is 13.2 Å². The van der Waals surface area contributed by atoms with Gasteiger partial charge in [0.2, 0.25) is 0 Å². The van der Waals surface area contributed by atoms with Crippen molar-refractivity contribution >= 4 is 17.9 Å². The van der Waals surface area contributed by atoms with Gasteiger partial charge >= 0.3 is 17.9 Å². The molecule has 422 valence electrons. The summed E-state index contributed by atoms with van der Waals surface area (Å²) in [6.45, 7) is 6.33. The van der Waals surface area contributed by atoms with Gasteiger partial charge in [0.25, 0.3) is 0 Å². The molecular weight excluding hydrogens is 925 g/mol. The molecule has 0 N–H and O–H groups in total. The van der Waals surface area contributed by atoms with Gasteiger partial charge in [-0.1, -0.05) is 256 Å². The molecule has 75 heavy (non-hydrogen) atoms. The van der Waals surface area contributed by atoms with Crippen LogP contribution in [0.4, 0.5) is 0 Å². The number of esters is 3. The van der Waals surface area contributed by atoms with Crippen molar-refractivity contribution in [2.24, 2.45) is 0 Å². The summed E-state index contributed by atoms with van der Waals surface area (Å²) in [5.74, 6) is -0.940. The van der Waals surface area contributed by atoms with Crippen LogP contribution in [-0.2, 0) is 28.6 Å². The molecule has 1 atom stereocenters.